The molecule has 0 unspecified atom stereocenters. The van der Waals surface area contributed by atoms with Gasteiger partial charge in [-0.1, -0.05) is 94.9 Å². The van der Waals surface area contributed by atoms with Crippen molar-refractivity contribution in [3.05, 3.63) is 89.6 Å². The molecule has 2 aromatic rings. The van der Waals surface area contributed by atoms with E-state index in [1.54, 1.807) is 19.1 Å². The number of Topliss-reactive ketones (excluding diaryl/α,β-unsaturated/α-hetero) is 1. The van der Waals surface area contributed by atoms with Crippen LogP contribution in [0.5, 0.6) is 0 Å². The zero-order valence-corrected chi connectivity index (χ0v) is 25.9. The summed E-state index contributed by atoms with van der Waals surface area (Å²) in [6.07, 6.45) is 23.7. The zero-order valence-electron chi connectivity index (χ0n) is 24.8. The van der Waals surface area contributed by atoms with E-state index in [2.05, 4.69) is 0 Å². The Hall–Kier alpha value is -2.69. The summed E-state index contributed by atoms with van der Waals surface area (Å²) < 4.78 is 10.5. The Bertz CT molecular complexity index is 998. The molecule has 0 radical (unpaired) electrons. The van der Waals surface area contributed by atoms with Crippen LogP contribution < -0.4 is 5.11 Å². The third-order valence-electron chi connectivity index (χ3n) is 6.92. The van der Waals surface area contributed by atoms with Crippen molar-refractivity contribution in [2.45, 2.75) is 110 Å². The molecule has 0 saturated heterocycles. The molecule has 1 aromatic heterocycles. The van der Waals surface area contributed by atoms with Gasteiger partial charge in [0.25, 0.3) is 0 Å². The first-order chi connectivity index (χ1) is 19.6. The van der Waals surface area contributed by atoms with Gasteiger partial charge in [-0.05, 0) is 37.5 Å². The molecule has 0 bridgehead atoms. The number of ketones is 1. The maximum atomic E-state index is 12.3. The number of hydrogen-bond acceptors (Lipinski definition) is 5. The second-order valence-corrected chi connectivity index (χ2v) is 10.3. The monoisotopic (exact) mass is 604 g/mol. The summed E-state index contributed by atoms with van der Waals surface area (Å²) in [6.45, 7) is 2.16. The van der Waals surface area contributed by atoms with Gasteiger partial charge in [0, 0.05) is 12.8 Å². The average molecular weight is 605 g/mol. The molecule has 5 nitrogen and oxygen atoms in total. The Kier molecular flexibility index (Phi) is 21.2. The largest absolute Gasteiger partial charge is 2.00 e. The molecule has 6 heteroatoms. The van der Waals surface area contributed by atoms with E-state index in [0.717, 1.165) is 31.3 Å². The van der Waals surface area contributed by atoms with Gasteiger partial charge in [-0.2, -0.15) is 18.2 Å². The summed E-state index contributed by atoms with van der Waals surface area (Å²) >= 11 is 0. The summed E-state index contributed by atoms with van der Waals surface area (Å²) in [6, 6.07) is 13.5. The molecule has 226 valence electrons. The molecule has 1 heterocycles. The van der Waals surface area contributed by atoms with Gasteiger partial charge < -0.3 is 14.3 Å². The minimum atomic E-state index is -0.244. The van der Waals surface area contributed by atoms with Crippen LogP contribution in [0.15, 0.2) is 82.5 Å². The molecule has 0 N–H and O–H groups in total. The first-order valence-corrected chi connectivity index (χ1v) is 15.3. The number of unbranched alkanes of at least 4 members (excludes halogenated alkanes) is 11. The van der Waals surface area contributed by atoms with Crippen LogP contribution in [0.4, 0.5) is 0 Å². The molecule has 0 fully saturated rings. The maximum Gasteiger partial charge on any atom is 2.00 e. The van der Waals surface area contributed by atoms with Gasteiger partial charge in [0.15, 0.2) is 11.5 Å². The topological polar surface area (TPSA) is 79.6 Å². The summed E-state index contributed by atoms with van der Waals surface area (Å²) in [5, 5.41) is 11.9. The van der Waals surface area contributed by atoms with Crippen LogP contribution in [0.1, 0.15) is 120 Å². The molecular formula is C35H48FeO5. The van der Waals surface area contributed by atoms with E-state index in [1.807, 2.05) is 54.6 Å². The quantitative estimate of drug-likeness (QED) is 0.0378. The molecule has 0 saturated carbocycles. The van der Waals surface area contributed by atoms with E-state index >= 15 is 0 Å². The number of carbonyl (C=O) groups is 2. The predicted octanol–water partition coefficient (Wildman–Crippen LogP) is 8.56. The minimum absolute atomic E-state index is 0. The molecule has 1 aromatic carbocycles. The fourth-order valence-corrected chi connectivity index (χ4v) is 4.61. The van der Waals surface area contributed by atoms with Gasteiger partial charge in [0.2, 0.25) is 0 Å². The van der Waals surface area contributed by atoms with Crippen molar-refractivity contribution in [2.75, 3.05) is 6.61 Å². The number of esters is 1. The SMILES string of the molecule is CCOC(=O)CCc1ccc(C(=O)CCCCCCCCCCCCCCC([O-])=C2C=CC=C2)o1.[Fe+2].c1cc[cH-]c1. The molecule has 1 aliphatic carbocycles. The Labute approximate surface area is 258 Å². The van der Waals surface area contributed by atoms with Gasteiger partial charge >= 0.3 is 23.0 Å². The smallest absolute Gasteiger partial charge is 0.875 e. The van der Waals surface area contributed by atoms with Crippen molar-refractivity contribution in [2.24, 2.45) is 0 Å². The number of carbonyl (C=O) groups excluding carboxylic acids is 2. The molecular weight excluding hydrogens is 556 g/mol. The van der Waals surface area contributed by atoms with E-state index in [-0.39, 0.29) is 41.0 Å². The number of rotatable bonds is 20. The number of ether oxygens (including phenoxy) is 1. The van der Waals surface area contributed by atoms with Crippen LogP contribution in [-0.4, -0.2) is 18.4 Å². The number of furan rings is 1. The Morgan fingerprint density at radius 3 is 1.83 bits per heavy atom. The molecule has 3 rings (SSSR count). The van der Waals surface area contributed by atoms with E-state index < -0.39 is 0 Å². The van der Waals surface area contributed by atoms with Crippen LogP contribution in [0.3, 0.4) is 0 Å². The summed E-state index contributed by atoms with van der Waals surface area (Å²) in [5.74, 6) is 1.13. The van der Waals surface area contributed by atoms with Gasteiger partial charge in [0.05, 0.1) is 13.0 Å². The third kappa shape index (κ3) is 17.7. The molecule has 1 aliphatic rings. The first kappa shape index (κ1) is 36.3. The molecule has 0 atom stereocenters. The Morgan fingerprint density at radius 2 is 1.32 bits per heavy atom. The van der Waals surface area contributed by atoms with E-state index in [9.17, 15) is 14.7 Å². The minimum Gasteiger partial charge on any atom is -0.875 e. The Balaban J connectivity index is 0.00000126. The van der Waals surface area contributed by atoms with E-state index in [4.69, 9.17) is 9.15 Å². The van der Waals surface area contributed by atoms with Crippen LogP contribution in [0.2, 0.25) is 0 Å². The van der Waals surface area contributed by atoms with Crippen molar-refractivity contribution in [3.63, 3.8) is 0 Å². The number of aryl methyl sites for hydroxylation is 1. The molecule has 0 amide bonds. The van der Waals surface area contributed by atoms with Crippen molar-refractivity contribution >= 4 is 11.8 Å². The summed E-state index contributed by atoms with van der Waals surface area (Å²) in [4.78, 5) is 23.7. The molecule has 0 spiro atoms. The standard InChI is InChI=1S/C30H44O5.C5H5.Fe/c1-2-34-30(33)24-22-26-21-23-29(35-26)28(32)20-14-12-10-8-6-4-3-5-7-9-11-13-19-27(31)25-17-15-16-18-25;1-2-4-5-3-1;/h15-18,21,23,31H,2-14,19-20,22,24H2,1H3;1-5H;/q;-1;+2/p-1. The average Bonchev–Trinajstić information content (AvgIpc) is 3.77. The van der Waals surface area contributed by atoms with Gasteiger partial charge in [-0.15, -0.1) is 5.76 Å². The second kappa shape index (κ2) is 24.0. The number of allylic oxidation sites excluding steroid dienone is 6. The van der Waals surface area contributed by atoms with Crippen LogP contribution in [-0.2, 0) is 33.0 Å². The third-order valence-corrected chi connectivity index (χ3v) is 6.92. The summed E-state index contributed by atoms with van der Waals surface area (Å²) in [7, 11) is 0. The van der Waals surface area contributed by atoms with Gasteiger partial charge in [-0.3, -0.25) is 9.59 Å². The van der Waals surface area contributed by atoms with Gasteiger partial charge in [-0.25, -0.2) is 12.1 Å². The predicted molar refractivity (Wildman–Crippen MR) is 160 cm³/mol. The maximum absolute atomic E-state index is 12.3. The van der Waals surface area contributed by atoms with E-state index in [1.165, 1.54) is 51.4 Å². The first-order valence-electron chi connectivity index (χ1n) is 15.3. The van der Waals surface area contributed by atoms with Crippen LogP contribution in [0.25, 0.3) is 0 Å². The number of hydrogen-bond donors (Lipinski definition) is 0. The van der Waals surface area contributed by atoms with E-state index in [0.29, 0.717) is 37.4 Å². The molecule has 0 aliphatic heterocycles. The van der Waals surface area contributed by atoms with Crippen LogP contribution >= 0.6 is 0 Å². The van der Waals surface area contributed by atoms with Gasteiger partial charge in [0.1, 0.15) is 5.76 Å². The zero-order chi connectivity index (χ0) is 28.7. The summed E-state index contributed by atoms with van der Waals surface area (Å²) in [5.41, 5.74) is 0.854. The molecule has 41 heavy (non-hydrogen) atoms. The normalized spacial score (nSPS) is 11.6. The van der Waals surface area contributed by atoms with Crippen molar-refractivity contribution in [1.82, 2.24) is 0 Å². The second-order valence-electron chi connectivity index (χ2n) is 10.3. The fourth-order valence-electron chi connectivity index (χ4n) is 4.61. The Morgan fingerprint density at radius 1 is 0.780 bits per heavy atom. The van der Waals surface area contributed by atoms with Crippen molar-refractivity contribution in [1.29, 1.82) is 0 Å². The fraction of sp³-hybridized carbons (Fsp3) is 0.514. The van der Waals surface area contributed by atoms with Crippen molar-refractivity contribution in [3.8, 4) is 0 Å². The van der Waals surface area contributed by atoms with Crippen molar-refractivity contribution < 1.29 is 40.9 Å². The van der Waals surface area contributed by atoms with Crippen LogP contribution in [0, 0.1) is 0 Å².